The zero-order valence-corrected chi connectivity index (χ0v) is 13.0. The van der Waals surface area contributed by atoms with Gasteiger partial charge in [-0.05, 0) is 43.7 Å². The van der Waals surface area contributed by atoms with Crippen molar-refractivity contribution in [3.63, 3.8) is 0 Å². The molecule has 0 saturated heterocycles. The molecule has 0 heterocycles. The van der Waals surface area contributed by atoms with Crippen LogP contribution in [0.5, 0.6) is 0 Å². The van der Waals surface area contributed by atoms with Crippen LogP contribution in [0.4, 0.5) is 23.2 Å². The Morgan fingerprint density at radius 1 is 1.00 bits per heavy atom. The molecule has 124 valence electrons. The van der Waals surface area contributed by atoms with Gasteiger partial charge < -0.3 is 0 Å². The lowest BCUT2D eigenvalue weighted by Gasteiger charge is -2.13. The van der Waals surface area contributed by atoms with E-state index in [0.29, 0.717) is 23.8 Å². The van der Waals surface area contributed by atoms with Gasteiger partial charge >= 0.3 is 6.18 Å². The van der Waals surface area contributed by atoms with Crippen LogP contribution < -0.4 is 4.72 Å². The van der Waals surface area contributed by atoms with Gasteiger partial charge in [0.25, 0.3) is 10.0 Å². The summed E-state index contributed by atoms with van der Waals surface area (Å²) >= 11 is 0. The molecule has 0 aliphatic heterocycles. The van der Waals surface area contributed by atoms with E-state index in [0.717, 1.165) is 5.56 Å². The van der Waals surface area contributed by atoms with Crippen LogP contribution in [0.1, 0.15) is 16.7 Å². The Morgan fingerprint density at radius 3 is 2.22 bits per heavy atom. The molecule has 1 N–H and O–H groups in total. The van der Waals surface area contributed by atoms with Gasteiger partial charge in [0, 0.05) is 0 Å². The molecule has 2 aromatic carbocycles. The van der Waals surface area contributed by atoms with Gasteiger partial charge in [0.15, 0.2) is 0 Å². The second-order valence-corrected chi connectivity index (χ2v) is 6.72. The summed E-state index contributed by atoms with van der Waals surface area (Å²) in [6.45, 7) is 3.31. The van der Waals surface area contributed by atoms with Crippen LogP contribution in [-0.2, 0) is 16.2 Å². The van der Waals surface area contributed by atoms with Crippen molar-refractivity contribution in [2.45, 2.75) is 24.9 Å². The molecule has 0 saturated carbocycles. The smallest absolute Gasteiger partial charge is 0.277 e. The van der Waals surface area contributed by atoms with Gasteiger partial charge in [0.2, 0.25) is 0 Å². The molecule has 2 aromatic rings. The molecule has 8 heteroatoms. The van der Waals surface area contributed by atoms with E-state index in [4.69, 9.17) is 0 Å². The van der Waals surface area contributed by atoms with Crippen molar-refractivity contribution in [2.24, 2.45) is 0 Å². The topological polar surface area (TPSA) is 46.2 Å². The molecule has 0 atom stereocenters. The number of rotatable bonds is 3. The largest absolute Gasteiger partial charge is 0.416 e. The third-order valence-electron chi connectivity index (χ3n) is 3.16. The first-order chi connectivity index (χ1) is 10.5. The predicted molar refractivity (Wildman–Crippen MR) is 78.1 cm³/mol. The average Bonchev–Trinajstić information content (AvgIpc) is 2.39. The van der Waals surface area contributed by atoms with E-state index < -0.39 is 33.3 Å². The van der Waals surface area contributed by atoms with Gasteiger partial charge in [-0.1, -0.05) is 17.7 Å². The molecule has 0 radical (unpaired) electrons. The Labute approximate surface area is 131 Å². The molecule has 2 rings (SSSR count). The number of aryl methyl sites for hydroxylation is 2. The number of nitrogens with one attached hydrogen (secondary N) is 1. The van der Waals surface area contributed by atoms with Gasteiger partial charge in [-0.3, -0.25) is 4.72 Å². The second-order valence-electron chi connectivity index (χ2n) is 5.07. The first kappa shape index (κ1) is 17.3. The summed E-state index contributed by atoms with van der Waals surface area (Å²) in [7, 11) is -4.20. The minimum atomic E-state index is -4.70. The maximum atomic E-state index is 13.7. The molecule has 0 unspecified atom stereocenters. The Kier molecular flexibility index (Phi) is 4.39. The van der Waals surface area contributed by atoms with Gasteiger partial charge in [-0.25, -0.2) is 12.8 Å². The van der Waals surface area contributed by atoms with E-state index in [2.05, 4.69) is 0 Å². The highest BCUT2D eigenvalue weighted by Crippen LogP contribution is 2.32. The Morgan fingerprint density at radius 2 is 1.65 bits per heavy atom. The maximum Gasteiger partial charge on any atom is 0.416 e. The zero-order valence-electron chi connectivity index (χ0n) is 12.2. The molecule has 0 aliphatic rings. The minimum Gasteiger partial charge on any atom is -0.277 e. The Hall–Kier alpha value is -2.09. The molecule has 23 heavy (non-hydrogen) atoms. The number of sulfonamides is 1. The summed E-state index contributed by atoms with van der Waals surface area (Å²) in [5.74, 6) is -1.09. The van der Waals surface area contributed by atoms with E-state index in [1.165, 1.54) is 6.07 Å². The second kappa shape index (κ2) is 5.84. The molecule has 0 aromatic heterocycles. The Balaban J connectivity index is 2.45. The van der Waals surface area contributed by atoms with Crippen molar-refractivity contribution >= 4 is 15.7 Å². The lowest BCUT2D eigenvalue weighted by Crippen LogP contribution is -2.16. The first-order valence-electron chi connectivity index (χ1n) is 6.47. The quantitative estimate of drug-likeness (QED) is 0.843. The molecular formula is C15H13F4NO2S. The number of alkyl halides is 3. The van der Waals surface area contributed by atoms with Crippen LogP contribution in [0.15, 0.2) is 41.3 Å². The van der Waals surface area contributed by atoms with Crippen molar-refractivity contribution in [2.75, 3.05) is 4.72 Å². The van der Waals surface area contributed by atoms with E-state index >= 15 is 0 Å². The van der Waals surface area contributed by atoms with Crippen LogP contribution in [0.25, 0.3) is 0 Å². The highest BCUT2D eigenvalue weighted by molar-refractivity contribution is 7.92. The summed E-state index contributed by atoms with van der Waals surface area (Å²) in [4.78, 5) is -0.125. The van der Waals surface area contributed by atoms with Crippen molar-refractivity contribution in [1.29, 1.82) is 0 Å². The van der Waals surface area contributed by atoms with Gasteiger partial charge in [0.1, 0.15) is 5.82 Å². The fourth-order valence-corrected chi connectivity index (χ4v) is 3.37. The molecule has 3 nitrogen and oxygen atoms in total. The molecular weight excluding hydrogens is 334 g/mol. The molecule has 0 fully saturated rings. The van der Waals surface area contributed by atoms with Gasteiger partial charge in [-0.15, -0.1) is 0 Å². The average molecular weight is 347 g/mol. The number of hydrogen-bond donors (Lipinski definition) is 1. The van der Waals surface area contributed by atoms with E-state index in [1.807, 2.05) is 4.72 Å². The van der Waals surface area contributed by atoms with E-state index in [-0.39, 0.29) is 4.90 Å². The van der Waals surface area contributed by atoms with Crippen molar-refractivity contribution in [3.8, 4) is 0 Å². The standard InChI is InChI=1S/C15H13F4NO2S/c1-9-3-6-14(10(2)7-9)23(21,22)20-13-8-11(15(17,18)19)4-5-12(13)16/h3-8,20H,1-2H3. The Bertz CT molecular complexity index is 845. The summed E-state index contributed by atoms with van der Waals surface area (Å²) in [5.41, 5.74) is -0.659. The predicted octanol–water partition coefficient (Wildman–Crippen LogP) is 4.26. The molecule has 0 amide bonds. The minimum absolute atomic E-state index is 0.125. The monoisotopic (exact) mass is 347 g/mol. The lowest BCUT2D eigenvalue weighted by molar-refractivity contribution is -0.137. The van der Waals surface area contributed by atoms with Crippen molar-refractivity contribution in [1.82, 2.24) is 0 Å². The van der Waals surface area contributed by atoms with E-state index in [9.17, 15) is 26.0 Å². The third-order valence-corrected chi connectivity index (χ3v) is 4.68. The molecule has 0 aliphatic carbocycles. The fraction of sp³-hybridized carbons (Fsp3) is 0.200. The van der Waals surface area contributed by atoms with Crippen LogP contribution in [0.2, 0.25) is 0 Å². The maximum absolute atomic E-state index is 13.7. The van der Waals surface area contributed by atoms with E-state index in [1.54, 1.807) is 26.0 Å². The molecule has 0 spiro atoms. The highest BCUT2D eigenvalue weighted by Gasteiger charge is 2.31. The van der Waals surface area contributed by atoms with Gasteiger partial charge in [-0.2, -0.15) is 13.2 Å². The fourth-order valence-electron chi connectivity index (χ4n) is 2.08. The number of anilines is 1. The number of halogens is 4. The highest BCUT2D eigenvalue weighted by atomic mass is 32.2. The van der Waals surface area contributed by atoms with Crippen LogP contribution >= 0.6 is 0 Å². The van der Waals surface area contributed by atoms with Crippen LogP contribution in [0, 0.1) is 19.7 Å². The summed E-state index contributed by atoms with van der Waals surface area (Å²) in [6, 6.07) is 6.02. The SMILES string of the molecule is Cc1ccc(S(=O)(=O)Nc2cc(C(F)(F)F)ccc2F)c(C)c1. The molecule has 0 bridgehead atoms. The third kappa shape index (κ3) is 3.82. The van der Waals surface area contributed by atoms with Crippen LogP contribution in [0.3, 0.4) is 0 Å². The van der Waals surface area contributed by atoms with Crippen LogP contribution in [-0.4, -0.2) is 8.42 Å². The van der Waals surface area contributed by atoms with Crippen molar-refractivity contribution in [3.05, 3.63) is 58.9 Å². The van der Waals surface area contributed by atoms with Crippen molar-refractivity contribution < 1.29 is 26.0 Å². The normalized spacial score (nSPS) is 12.3. The zero-order chi connectivity index (χ0) is 17.4. The van der Waals surface area contributed by atoms with Gasteiger partial charge in [0.05, 0.1) is 16.1 Å². The first-order valence-corrected chi connectivity index (χ1v) is 7.96. The summed E-state index contributed by atoms with van der Waals surface area (Å²) < 4.78 is 78.1. The summed E-state index contributed by atoms with van der Waals surface area (Å²) in [5, 5.41) is 0. The summed E-state index contributed by atoms with van der Waals surface area (Å²) in [6.07, 6.45) is -4.70. The number of hydrogen-bond acceptors (Lipinski definition) is 2. The lowest BCUT2D eigenvalue weighted by atomic mass is 10.2. The number of benzene rings is 2.